The first-order valence-corrected chi connectivity index (χ1v) is 10.3. The molecule has 3 aromatic rings. The number of benzene rings is 2. The van der Waals surface area contributed by atoms with Crippen LogP contribution < -0.4 is 20.1 Å². The normalized spacial score (nSPS) is 10.2. The number of amides is 2. The van der Waals surface area contributed by atoms with Gasteiger partial charge in [0.2, 0.25) is 0 Å². The maximum Gasteiger partial charge on any atom is 0.341 e. The molecule has 0 saturated carbocycles. The molecule has 166 valence electrons. The Morgan fingerprint density at radius 2 is 1.53 bits per heavy atom. The molecule has 1 aromatic heterocycles. The third-order valence-electron chi connectivity index (χ3n) is 4.65. The molecule has 0 atom stereocenters. The molecular weight excluding hydrogens is 432 g/mol. The highest BCUT2D eigenvalue weighted by Crippen LogP contribution is 2.35. The number of thiophene rings is 1. The average Bonchev–Trinajstić information content (AvgIpc) is 3.14. The molecule has 0 aliphatic carbocycles. The Balaban J connectivity index is 1.90. The van der Waals surface area contributed by atoms with Crippen molar-refractivity contribution in [1.29, 1.82) is 0 Å². The van der Waals surface area contributed by atoms with E-state index in [1.807, 2.05) is 0 Å². The van der Waals surface area contributed by atoms with Crippen molar-refractivity contribution in [3.63, 3.8) is 0 Å². The van der Waals surface area contributed by atoms with Crippen molar-refractivity contribution in [2.24, 2.45) is 0 Å². The fourth-order valence-corrected chi connectivity index (χ4v) is 4.06. The lowest BCUT2D eigenvalue weighted by Gasteiger charge is -2.07. The van der Waals surface area contributed by atoms with Crippen molar-refractivity contribution < 1.29 is 28.6 Å². The highest BCUT2D eigenvalue weighted by atomic mass is 32.1. The molecule has 2 N–H and O–H groups in total. The molecule has 32 heavy (non-hydrogen) atoms. The Morgan fingerprint density at radius 1 is 0.844 bits per heavy atom. The minimum Gasteiger partial charge on any atom is -0.497 e. The summed E-state index contributed by atoms with van der Waals surface area (Å²) in [6.07, 6.45) is 0. The Bertz CT molecular complexity index is 1150. The molecule has 0 spiro atoms. The quantitative estimate of drug-likeness (QED) is 0.514. The number of anilines is 2. The van der Waals surface area contributed by atoms with Gasteiger partial charge in [-0.05, 0) is 48.9 Å². The van der Waals surface area contributed by atoms with Gasteiger partial charge in [-0.2, -0.15) is 0 Å². The number of esters is 1. The summed E-state index contributed by atoms with van der Waals surface area (Å²) in [7, 11) is 4.31. The van der Waals surface area contributed by atoms with Crippen LogP contribution in [0.25, 0.3) is 0 Å². The van der Waals surface area contributed by atoms with E-state index >= 15 is 0 Å². The third-order valence-corrected chi connectivity index (χ3v) is 5.86. The summed E-state index contributed by atoms with van der Waals surface area (Å²) in [5.74, 6) is -0.299. The van der Waals surface area contributed by atoms with Gasteiger partial charge in [0.1, 0.15) is 16.5 Å². The number of methoxy groups -OCH3 is 3. The SMILES string of the molecule is COC(=O)c1c(NC(=O)c2ccc(OC)cc2)sc(C(=O)Nc2cccc(OC)c2)c1C. The first kappa shape index (κ1) is 22.8. The van der Waals surface area contributed by atoms with Gasteiger partial charge in [0.25, 0.3) is 11.8 Å². The summed E-state index contributed by atoms with van der Waals surface area (Å²) in [6.45, 7) is 1.63. The zero-order chi connectivity index (χ0) is 23.3. The minimum atomic E-state index is -0.649. The van der Waals surface area contributed by atoms with Crippen LogP contribution in [0, 0.1) is 6.92 Å². The first-order valence-electron chi connectivity index (χ1n) is 9.50. The van der Waals surface area contributed by atoms with Gasteiger partial charge in [0, 0.05) is 17.3 Å². The number of carbonyl (C=O) groups is 3. The van der Waals surface area contributed by atoms with E-state index in [0.29, 0.717) is 28.3 Å². The smallest absolute Gasteiger partial charge is 0.341 e. The molecule has 0 aliphatic heterocycles. The monoisotopic (exact) mass is 454 g/mol. The van der Waals surface area contributed by atoms with Crippen LogP contribution in [0.3, 0.4) is 0 Å². The van der Waals surface area contributed by atoms with Crippen molar-refractivity contribution in [3.8, 4) is 11.5 Å². The molecule has 0 aliphatic rings. The third kappa shape index (κ3) is 4.89. The number of ether oxygens (including phenoxy) is 3. The summed E-state index contributed by atoms with van der Waals surface area (Å²) < 4.78 is 15.1. The lowest BCUT2D eigenvalue weighted by atomic mass is 10.1. The molecule has 2 aromatic carbocycles. The lowest BCUT2D eigenvalue weighted by molar-refractivity contribution is 0.0601. The summed E-state index contributed by atoms with van der Waals surface area (Å²) in [5, 5.41) is 5.73. The Labute approximate surface area is 189 Å². The second-order valence-corrected chi connectivity index (χ2v) is 7.64. The molecular formula is C23H22N2O6S. The van der Waals surface area contributed by atoms with Crippen molar-refractivity contribution in [1.82, 2.24) is 0 Å². The minimum absolute atomic E-state index is 0.134. The van der Waals surface area contributed by atoms with Crippen LogP contribution in [-0.2, 0) is 4.74 Å². The van der Waals surface area contributed by atoms with E-state index in [1.165, 1.54) is 21.3 Å². The molecule has 9 heteroatoms. The number of nitrogens with one attached hydrogen (secondary N) is 2. The van der Waals surface area contributed by atoms with E-state index in [-0.39, 0.29) is 15.4 Å². The molecule has 3 rings (SSSR count). The largest absolute Gasteiger partial charge is 0.497 e. The van der Waals surface area contributed by atoms with E-state index in [9.17, 15) is 14.4 Å². The van der Waals surface area contributed by atoms with E-state index in [0.717, 1.165) is 11.3 Å². The molecule has 1 heterocycles. The van der Waals surface area contributed by atoms with Gasteiger partial charge in [0.05, 0.1) is 31.8 Å². The number of hydrogen-bond donors (Lipinski definition) is 2. The summed E-state index contributed by atoms with van der Waals surface area (Å²) in [6, 6.07) is 13.4. The molecule has 2 amide bonds. The van der Waals surface area contributed by atoms with Crippen LogP contribution in [0.15, 0.2) is 48.5 Å². The lowest BCUT2D eigenvalue weighted by Crippen LogP contribution is -2.14. The van der Waals surface area contributed by atoms with Gasteiger partial charge in [-0.3, -0.25) is 9.59 Å². The summed E-state index contributed by atoms with van der Waals surface area (Å²) in [4.78, 5) is 38.3. The fraction of sp³-hybridized carbons (Fsp3) is 0.174. The Hall–Kier alpha value is -3.85. The topological polar surface area (TPSA) is 103 Å². The van der Waals surface area contributed by atoms with Crippen molar-refractivity contribution in [2.45, 2.75) is 6.92 Å². The van der Waals surface area contributed by atoms with E-state index < -0.39 is 17.8 Å². The van der Waals surface area contributed by atoms with Crippen LogP contribution >= 0.6 is 11.3 Å². The van der Waals surface area contributed by atoms with Crippen LogP contribution in [0.2, 0.25) is 0 Å². The highest BCUT2D eigenvalue weighted by molar-refractivity contribution is 7.19. The van der Waals surface area contributed by atoms with Crippen molar-refractivity contribution in [2.75, 3.05) is 32.0 Å². The molecule has 0 unspecified atom stereocenters. The standard InChI is InChI=1S/C23H22N2O6S/c1-13-18(23(28)31-4)22(25-20(26)14-8-10-16(29-2)11-9-14)32-19(13)21(27)24-15-6-5-7-17(12-15)30-3/h5-12H,1-4H3,(H,24,27)(H,25,26). The molecule has 0 fully saturated rings. The number of rotatable bonds is 7. The van der Waals surface area contributed by atoms with Crippen LogP contribution in [0.1, 0.15) is 36.0 Å². The van der Waals surface area contributed by atoms with Crippen LogP contribution in [-0.4, -0.2) is 39.1 Å². The van der Waals surface area contributed by atoms with Crippen molar-refractivity contribution in [3.05, 3.63) is 70.1 Å². The van der Waals surface area contributed by atoms with Crippen LogP contribution in [0.5, 0.6) is 11.5 Å². The van der Waals surface area contributed by atoms with Crippen LogP contribution in [0.4, 0.5) is 10.7 Å². The van der Waals surface area contributed by atoms with Gasteiger partial charge in [0.15, 0.2) is 0 Å². The zero-order valence-electron chi connectivity index (χ0n) is 18.0. The first-order chi connectivity index (χ1) is 15.4. The van der Waals surface area contributed by atoms with Gasteiger partial charge < -0.3 is 24.8 Å². The van der Waals surface area contributed by atoms with E-state index in [1.54, 1.807) is 55.5 Å². The predicted molar refractivity (Wildman–Crippen MR) is 122 cm³/mol. The van der Waals surface area contributed by atoms with Gasteiger partial charge >= 0.3 is 5.97 Å². The predicted octanol–water partition coefficient (Wildman–Crippen LogP) is 4.36. The highest BCUT2D eigenvalue weighted by Gasteiger charge is 2.26. The van der Waals surface area contributed by atoms with Gasteiger partial charge in [-0.1, -0.05) is 6.07 Å². The van der Waals surface area contributed by atoms with Gasteiger partial charge in [-0.15, -0.1) is 11.3 Å². The molecule has 0 bridgehead atoms. The van der Waals surface area contributed by atoms with E-state index in [4.69, 9.17) is 14.2 Å². The molecule has 0 radical (unpaired) electrons. The Kier molecular flexibility index (Phi) is 7.11. The fourth-order valence-electron chi connectivity index (χ4n) is 2.97. The van der Waals surface area contributed by atoms with Gasteiger partial charge in [-0.25, -0.2) is 4.79 Å². The number of hydrogen-bond acceptors (Lipinski definition) is 7. The summed E-state index contributed by atoms with van der Waals surface area (Å²) >= 11 is 0.997. The molecule has 0 saturated heterocycles. The Morgan fingerprint density at radius 3 is 2.16 bits per heavy atom. The van der Waals surface area contributed by atoms with Crippen molar-refractivity contribution >= 4 is 39.8 Å². The average molecular weight is 455 g/mol. The summed E-state index contributed by atoms with van der Waals surface area (Å²) in [5.41, 5.74) is 1.45. The molecule has 8 nitrogen and oxygen atoms in total. The maximum atomic E-state index is 12.9. The second kappa shape index (κ2) is 9.97. The zero-order valence-corrected chi connectivity index (χ0v) is 18.8. The number of carbonyl (C=O) groups excluding carboxylic acids is 3. The second-order valence-electron chi connectivity index (χ2n) is 6.62. The van der Waals surface area contributed by atoms with E-state index in [2.05, 4.69) is 10.6 Å². The maximum absolute atomic E-state index is 12.9.